The van der Waals surface area contributed by atoms with Gasteiger partial charge in [-0.1, -0.05) is 0 Å². The molecule has 0 bridgehead atoms. The molecule has 74 valence electrons. The molecule has 1 saturated heterocycles. The van der Waals surface area contributed by atoms with E-state index in [9.17, 15) is 0 Å². The highest BCUT2D eigenvalue weighted by atomic mass is 16.5. The Morgan fingerprint density at radius 2 is 2.08 bits per heavy atom. The molecule has 0 spiro atoms. The molecule has 0 aromatic carbocycles. The lowest BCUT2D eigenvalue weighted by atomic mass is 10.2. The van der Waals surface area contributed by atoms with Crippen LogP contribution in [0.25, 0.3) is 0 Å². The van der Waals surface area contributed by atoms with E-state index in [4.69, 9.17) is 4.74 Å². The van der Waals surface area contributed by atoms with Crippen molar-refractivity contribution in [2.45, 2.75) is 31.8 Å². The van der Waals surface area contributed by atoms with Crippen molar-refractivity contribution < 1.29 is 4.74 Å². The summed E-state index contributed by atoms with van der Waals surface area (Å²) in [6, 6.07) is 0. The summed E-state index contributed by atoms with van der Waals surface area (Å²) in [4.78, 5) is 0. The van der Waals surface area contributed by atoms with Crippen molar-refractivity contribution in [1.82, 2.24) is 5.32 Å². The maximum absolute atomic E-state index is 5.71. The van der Waals surface area contributed by atoms with Crippen LogP contribution in [0.3, 0.4) is 0 Å². The summed E-state index contributed by atoms with van der Waals surface area (Å²) in [7, 11) is 0. The van der Waals surface area contributed by atoms with Crippen LogP contribution in [0.5, 0.6) is 0 Å². The van der Waals surface area contributed by atoms with Gasteiger partial charge in [0.1, 0.15) is 0 Å². The van der Waals surface area contributed by atoms with Gasteiger partial charge in [-0.25, -0.2) is 0 Å². The van der Waals surface area contributed by atoms with Gasteiger partial charge in [0.2, 0.25) is 0 Å². The van der Waals surface area contributed by atoms with Crippen LogP contribution in [-0.2, 0) is 4.74 Å². The van der Waals surface area contributed by atoms with Crippen LogP contribution < -0.4 is 5.32 Å². The van der Waals surface area contributed by atoms with Crippen molar-refractivity contribution >= 4 is 0 Å². The largest absolute Gasteiger partial charge is 0.376 e. The van der Waals surface area contributed by atoms with Gasteiger partial charge >= 0.3 is 0 Å². The molecule has 13 heavy (non-hydrogen) atoms. The van der Waals surface area contributed by atoms with Gasteiger partial charge in [0.15, 0.2) is 0 Å². The van der Waals surface area contributed by atoms with Crippen LogP contribution in [-0.4, -0.2) is 25.8 Å². The molecule has 2 saturated carbocycles. The zero-order valence-electron chi connectivity index (χ0n) is 8.17. The molecule has 0 aromatic rings. The van der Waals surface area contributed by atoms with E-state index in [-0.39, 0.29) is 0 Å². The third kappa shape index (κ3) is 1.89. The van der Waals surface area contributed by atoms with Crippen LogP contribution >= 0.6 is 0 Å². The van der Waals surface area contributed by atoms with Gasteiger partial charge in [-0.15, -0.1) is 0 Å². The molecule has 0 aromatic heterocycles. The normalized spacial score (nSPS) is 38.8. The number of rotatable bonds is 5. The number of hydrogen-bond donors (Lipinski definition) is 1. The zero-order chi connectivity index (χ0) is 8.67. The Bertz CT molecular complexity index is 187. The molecule has 1 aliphatic heterocycles. The molecular formula is C11H19NO. The molecule has 2 aliphatic carbocycles. The third-order valence-corrected chi connectivity index (χ3v) is 3.79. The average Bonchev–Trinajstić information content (AvgIpc) is 2.84. The molecule has 2 atom stereocenters. The quantitative estimate of drug-likeness (QED) is 0.692. The Hall–Kier alpha value is -0.0800. The molecule has 3 rings (SSSR count). The first-order valence-electron chi connectivity index (χ1n) is 5.76. The highest BCUT2D eigenvalue weighted by Gasteiger charge is 2.46. The SMILES string of the molecule is C(CC1CC1C1CC1)OC1CNC1. The summed E-state index contributed by atoms with van der Waals surface area (Å²) in [6.45, 7) is 3.17. The smallest absolute Gasteiger partial charge is 0.0823 e. The highest BCUT2D eigenvalue weighted by Crippen LogP contribution is 2.55. The van der Waals surface area contributed by atoms with Crippen LogP contribution in [0, 0.1) is 17.8 Å². The second-order valence-corrected chi connectivity index (χ2v) is 4.94. The zero-order valence-corrected chi connectivity index (χ0v) is 8.17. The molecule has 2 unspecified atom stereocenters. The molecule has 0 amide bonds. The Morgan fingerprint density at radius 1 is 1.23 bits per heavy atom. The van der Waals surface area contributed by atoms with Crippen molar-refractivity contribution in [3.8, 4) is 0 Å². The second-order valence-electron chi connectivity index (χ2n) is 4.94. The highest BCUT2D eigenvalue weighted by molar-refractivity contribution is 4.96. The minimum absolute atomic E-state index is 0.540. The number of nitrogens with one attached hydrogen (secondary N) is 1. The van der Waals surface area contributed by atoms with Gasteiger partial charge in [0.25, 0.3) is 0 Å². The minimum atomic E-state index is 0.540. The monoisotopic (exact) mass is 181 g/mol. The second kappa shape index (κ2) is 3.25. The fourth-order valence-electron chi connectivity index (χ4n) is 2.47. The Kier molecular flexibility index (Phi) is 2.06. The maximum Gasteiger partial charge on any atom is 0.0823 e. The predicted octanol–water partition coefficient (Wildman–Crippen LogP) is 1.41. The van der Waals surface area contributed by atoms with Gasteiger partial charge in [-0.3, -0.25) is 0 Å². The number of ether oxygens (including phenoxy) is 1. The third-order valence-electron chi connectivity index (χ3n) is 3.79. The summed E-state index contributed by atoms with van der Waals surface area (Å²) in [5.74, 6) is 3.29. The Morgan fingerprint density at radius 3 is 2.69 bits per heavy atom. The van der Waals surface area contributed by atoms with Crippen LogP contribution in [0.4, 0.5) is 0 Å². The Labute approximate surface area is 80.0 Å². The van der Waals surface area contributed by atoms with Gasteiger partial charge in [-0.2, -0.15) is 0 Å². The lowest BCUT2D eigenvalue weighted by Crippen LogP contribution is -2.48. The molecular weight excluding hydrogens is 162 g/mol. The predicted molar refractivity (Wildman–Crippen MR) is 51.5 cm³/mol. The maximum atomic E-state index is 5.71. The first-order valence-corrected chi connectivity index (χ1v) is 5.76. The van der Waals surface area contributed by atoms with Crippen LogP contribution in [0.2, 0.25) is 0 Å². The van der Waals surface area contributed by atoms with Gasteiger partial charge < -0.3 is 10.1 Å². The van der Waals surface area contributed by atoms with E-state index in [1.165, 1.54) is 25.7 Å². The van der Waals surface area contributed by atoms with Gasteiger partial charge in [-0.05, 0) is 43.4 Å². The van der Waals surface area contributed by atoms with Crippen molar-refractivity contribution in [3.05, 3.63) is 0 Å². The summed E-state index contributed by atoms with van der Waals surface area (Å²) in [5, 5.41) is 3.23. The van der Waals surface area contributed by atoms with Crippen molar-refractivity contribution in [2.75, 3.05) is 19.7 Å². The molecule has 3 fully saturated rings. The van der Waals surface area contributed by atoms with Crippen LogP contribution in [0.1, 0.15) is 25.7 Å². The van der Waals surface area contributed by atoms with Crippen LogP contribution in [0.15, 0.2) is 0 Å². The van der Waals surface area contributed by atoms with E-state index in [2.05, 4.69) is 5.32 Å². The van der Waals surface area contributed by atoms with Crippen molar-refractivity contribution in [1.29, 1.82) is 0 Å². The van der Waals surface area contributed by atoms with E-state index >= 15 is 0 Å². The van der Waals surface area contributed by atoms with E-state index < -0.39 is 0 Å². The topological polar surface area (TPSA) is 21.3 Å². The van der Waals surface area contributed by atoms with Crippen molar-refractivity contribution in [3.63, 3.8) is 0 Å². The van der Waals surface area contributed by atoms with E-state index in [0.29, 0.717) is 6.10 Å². The molecule has 2 heteroatoms. The average molecular weight is 181 g/mol. The molecule has 3 aliphatic rings. The minimum Gasteiger partial charge on any atom is -0.376 e. The summed E-state index contributed by atoms with van der Waals surface area (Å²) >= 11 is 0. The van der Waals surface area contributed by atoms with Crippen molar-refractivity contribution in [2.24, 2.45) is 17.8 Å². The lowest BCUT2D eigenvalue weighted by molar-refractivity contribution is 0.0154. The molecule has 1 N–H and O–H groups in total. The summed E-state index contributed by atoms with van der Waals surface area (Å²) in [6.07, 6.45) is 6.43. The fourth-order valence-corrected chi connectivity index (χ4v) is 2.47. The van der Waals surface area contributed by atoms with E-state index in [0.717, 1.165) is 37.5 Å². The lowest BCUT2D eigenvalue weighted by Gasteiger charge is -2.27. The van der Waals surface area contributed by atoms with E-state index in [1.54, 1.807) is 0 Å². The molecule has 2 nitrogen and oxygen atoms in total. The standard InChI is InChI=1S/C11H19NO/c1-2-8(1)11-5-9(11)3-4-13-10-6-12-7-10/h8-12H,1-7H2. The fraction of sp³-hybridized carbons (Fsp3) is 1.00. The first-order chi connectivity index (χ1) is 6.43. The Balaban J connectivity index is 1.27. The number of hydrogen-bond acceptors (Lipinski definition) is 2. The van der Waals surface area contributed by atoms with Gasteiger partial charge in [0, 0.05) is 19.7 Å². The first kappa shape index (κ1) is 8.25. The summed E-state index contributed by atoms with van der Waals surface area (Å²) in [5.41, 5.74) is 0. The molecule has 1 heterocycles. The molecule has 0 radical (unpaired) electrons. The van der Waals surface area contributed by atoms with E-state index in [1.807, 2.05) is 0 Å². The van der Waals surface area contributed by atoms with Gasteiger partial charge in [0.05, 0.1) is 6.10 Å². The summed E-state index contributed by atoms with van der Waals surface area (Å²) < 4.78 is 5.71.